The van der Waals surface area contributed by atoms with Crippen LogP contribution in [-0.4, -0.2) is 12.1 Å². The monoisotopic (exact) mass is 331 g/mol. The molecule has 2 nitrogen and oxygen atoms in total. The molecule has 2 heteroatoms. The Bertz CT molecular complexity index is 448. The van der Waals surface area contributed by atoms with Crippen LogP contribution in [0.4, 0.5) is 0 Å². The summed E-state index contributed by atoms with van der Waals surface area (Å²) in [5.41, 5.74) is 7.06. The van der Waals surface area contributed by atoms with E-state index in [1.54, 1.807) is 0 Å². The maximum atomic E-state index is 6.12. The van der Waals surface area contributed by atoms with Crippen LogP contribution >= 0.6 is 0 Å². The van der Waals surface area contributed by atoms with Gasteiger partial charge in [0.05, 0.1) is 6.61 Å². The molecular weight excluding hydrogens is 294 g/mol. The molecule has 0 radical (unpaired) electrons. The molecule has 24 heavy (non-hydrogen) atoms. The van der Waals surface area contributed by atoms with Gasteiger partial charge >= 0.3 is 0 Å². The quantitative estimate of drug-likeness (QED) is 0.428. The van der Waals surface area contributed by atoms with E-state index >= 15 is 0 Å². The Morgan fingerprint density at radius 1 is 0.917 bits per heavy atom. The summed E-state index contributed by atoms with van der Waals surface area (Å²) < 4.78 is 5.82. The van der Waals surface area contributed by atoms with Crippen molar-refractivity contribution in [2.75, 3.05) is 6.61 Å². The minimum Gasteiger partial charge on any atom is -0.494 e. The van der Waals surface area contributed by atoms with Crippen molar-refractivity contribution in [2.24, 2.45) is 5.73 Å². The van der Waals surface area contributed by atoms with Crippen LogP contribution in [0.15, 0.2) is 30.3 Å². The van der Waals surface area contributed by atoms with E-state index in [0.717, 1.165) is 25.2 Å². The Kier molecular flexibility index (Phi) is 10.5. The van der Waals surface area contributed by atoms with Gasteiger partial charge in [0.2, 0.25) is 0 Å². The highest BCUT2D eigenvalue weighted by Gasteiger charge is 2.09. The molecule has 0 bridgehead atoms. The van der Waals surface area contributed by atoms with Crippen molar-refractivity contribution in [3.05, 3.63) is 35.9 Å². The second-order valence-corrected chi connectivity index (χ2v) is 7.09. The molecule has 0 aliphatic carbocycles. The average molecular weight is 332 g/mol. The lowest BCUT2D eigenvalue weighted by Crippen LogP contribution is -2.32. The van der Waals surface area contributed by atoms with Crippen molar-refractivity contribution in [3.8, 4) is 5.75 Å². The second kappa shape index (κ2) is 12.1. The molecular formula is C22H37NO. The fourth-order valence-electron chi connectivity index (χ4n) is 2.51. The van der Waals surface area contributed by atoms with Gasteiger partial charge in [0.1, 0.15) is 5.75 Å². The number of benzene rings is 1. The highest BCUT2D eigenvalue weighted by Crippen LogP contribution is 2.16. The Hall–Kier alpha value is -1.28. The molecule has 0 saturated heterocycles. The van der Waals surface area contributed by atoms with Crippen molar-refractivity contribution in [2.45, 2.75) is 84.1 Å². The van der Waals surface area contributed by atoms with Crippen LogP contribution in [-0.2, 0) is 0 Å². The third-order valence-electron chi connectivity index (χ3n) is 4.57. The first-order chi connectivity index (χ1) is 11.6. The molecule has 0 aromatic heterocycles. The van der Waals surface area contributed by atoms with Gasteiger partial charge in [-0.1, -0.05) is 83.1 Å². The number of hydrogen-bond donors (Lipinski definition) is 1. The lowest BCUT2D eigenvalue weighted by molar-refractivity contribution is 0.304. The van der Waals surface area contributed by atoms with Gasteiger partial charge in [-0.15, -0.1) is 0 Å². The minimum atomic E-state index is -0.230. The standard InChI is InChI=1S/C22H37NO/c1-4-6-7-8-9-10-11-12-19-24-21-15-13-20(14-16-21)17-18-22(3,23)5-2/h13-18H,4-12,19,23H2,1-3H3. The average Bonchev–Trinajstić information content (AvgIpc) is 2.59. The molecule has 1 aromatic rings. The first-order valence-electron chi connectivity index (χ1n) is 9.78. The second-order valence-electron chi connectivity index (χ2n) is 7.09. The van der Waals surface area contributed by atoms with Crippen molar-refractivity contribution in [1.29, 1.82) is 0 Å². The first-order valence-corrected chi connectivity index (χ1v) is 9.78. The first kappa shape index (κ1) is 20.8. The summed E-state index contributed by atoms with van der Waals surface area (Å²) in [5, 5.41) is 0. The molecule has 0 amide bonds. The number of ether oxygens (including phenoxy) is 1. The summed E-state index contributed by atoms with van der Waals surface area (Å²) in [6, 6.07) is 8.27. The smallest absolute Gasteiger partial charge is 0.119 e. The van der Waals surface area contributed by atoms with Gasteiger partial charge in [-0.25, -0.2) is 0 Å². The summed E-state index contributed by atoms with van der Waals surface area (Å²) >= 11 is 0. The Balaban J connectivity index is 2.16. The van der Waals surface area contributed by atoms with E-state index in [4.69, 9.17) is 10.5 Å². The van der Waals surface area contributed by atoms with Crippen molar-refractivity contribution in [1.82, 2.24) is 0 Å². The summed E-state index contributed by atoms with van der Waals surface area (Å²) in [6.07, 6.45) is 15.7. The molecule has 1 rings (SSSR count). The third-order valence-corrected chi connectivity index (χ3v) is 4.57. The van der Waals surface area contributed by atoms with Gasteiger partial charge in [0.15, 0.2) is 0 Å². The van der Waals surface area contributed by atoms with E-state index in [2.05, 4.69) is 38.1 Å². The van der Waals surface area contributed by atoms with E-state index in [0.29, 0.717) is 0 Å². The molecule has 0 aliphatic rings. The normalized spacial score (nSPS) is 14.0. The zero-order chi connectivity index (χ0) is 17.7. The van der Waals surface area contributed by atoms with E-state index in [1.807, 2.05) is 19.1 Å². The summed E-state index contributed by atoms with van der Waals surface area (Å²) in [6.45, 7) is 7.23. The van der Waals surface area contributed by atoms with Gasteiger partial charge in [0.25, 0.3) is 0 Å². The maximum absolute atomic E-state index is 6.12. The van der Waals surface area contributed by atoms with E-state index in [-0.39, 0.29) is 5.54 Å². The number of unbranched alkanes of at least 4 members (excludes halogenated alkanes) is 7. The lowest BCUT2D eigenvalue weighted by Gasteiger charge is -2.16. The van der Waals surface area contributed by atoms with Crippen LogP contribution in [0.5, 0.6) is 5.75 Å². The van der Waals surface area contributed by atoms with Gasteiger partial charge in [-0.2, -0.15) is 0 Å². The molecule has 0 aliphatic heterocycles. The zero-order valence-corrected chi connectivity index (χ0v) is 16.0. The van der Waals surface area contributed by atoms with Crippen LogP contribution < -0.4 is 10.5 Å². The molecule has 0 fully saturated rings. The predicted octanol–water partition coefficient (Wildman–Crippen LogP) is 6.35. The third kappa shape index (κ3) is 9.77. The van der Waals surface area contributed by atoms with Gasteiger partial charge in [0, 0.05) is 5.54 Å². The fourth-order valence-corrected chi connectivity index (χ4v) is 2.51. The summed E-state index contributed by atoms with van der Waals surface area (Å²) in [4.78, 5) is 0. The molecule has 0 spiro atoms. The lowest BCUT2D eigenvalue weighted by atomic mass is 9.99. The zero-order valence-electron chi connectivity index (χ0n) is 16.0. The van der Waals surface area contributed by atoms with E-state index in [1.165, 1.54) is 50.5 Å². The molecule has 1 aromatic carbocycles. The van der Waals surface area contributed by atoms with Gasteiger partial charge < -0.3 is 10.5 Å². The largest absolute Gasteiger partial charge is 0.494 e. The minimum absolute atomic E-state index is 0.230. The fraction of sp³-hybridized carbons (Fsp3) is 0.636. The van der Waals surface area contributed by atoms with Crippen LogP contribution in [0.1, 0.15) is 84.1 Å². The van der Waals surface area contributed by atoms with Gasteiger partial charge in [-0.05, 0) is 37.5 Å². The van der Waals surface area contributed by atoms with Crippen LogP contribution in [0.3, 0.4) is 0 Å². The topological polar surface area (TPSA) is 35.2 Å². The number of hydrogen-bond acceptors (Lipinski definition) is 2. The van der Waals surface area contributed by atoms with Gasteiger partial charge in [-0.3, -0.25) is 0 Å². The van der Waals surface area contributed by atoms with Crippen LogP contribution in [0, 0.1) is 0 Å². The molecule has 1 unspecified atom stereocenters. The number of nitrogens with two attached hydrogens (primary N) is 1. The molecule has 0 heterocycles. The molecule has 136 valence electrons. The van der Waals surface area contributed by atoms with Crippen LogP contribution in [0.25, 0.3) is 6.08 Å². The highest BCUT2D eigenvalue weighted by atomic mass is 16.5. The molecule has 0 saturated carbocycles. The number of rotatable bonds is 13. The van der Waals surface area contributed by atoms with E-state index < -0.39 is 0 Å². The maximum Gasteiger partial charge on any atom is 0.119 e. The Labute approximate surface area is 149 Å². The van der Waals surface area contributed by atoms with Crippen molar-refractivity contribution >= 4 is 6.08 Å². The Morgan fingerprint density at radius 3 is 2.08 bits per heavy atom. The molecule has 2 N–H and O–H groups in total. The molecule has 1 atom stereocenters. The van der Waals surface area contributed by atoms with Crippen molar-refractivity contribution in [3.63, 3.8) is 0 Å². The highest BCUT2D eigenvalue weighted by molar-refractivity contribution is 5.51. The summed E-state index contributed by atoms with van der Waals surface area (Å²) in [7, 11) is 0. The Morgan fingerprint density at radius 2 is 1.50 bits per heavy atom. The SMILES string of the molecule is CCCCCCCCCCOc1ccc(C=CC(C)(N)CC)cc1. The van der Waals surface area contributed by atoms with E-state index in [9.17, 15) is 0 Å². The van der Waals surface area contributed by atoms with Crippen molar-refractivity contribution < 1.29 is 4.74 Å². The summed E-state index contributed by atoms with van der Waals surface area (Å²) in [5.74, 6) is 0.959. The van der Waals surface area contributed by atoms with Crippen LogP contribution in [0.2, 0.25) is 0 Å². The predicted molar refractivity (Wildman–Crippen MR) is 106 cm³/mol.